The van der Waals surface area contributed by atoms with Crippen LogP contribution in [0.4, 0.5) is 4.79 Å². The number of nitrogens with zero attached hydrogens (tertiary/aromatic N) is 2. The van der Waals surface area contributed by atoms with E-state index < -0.39 is 5.97 Å². The van der Waals surface area contributed by atoms with Gasteiger partial charge in [-0.3, -0.25) is 4.79 Å². The molecule has 0 fully saturated rings. The lowest BCUT2D eigenvalue weighted by atomic mass is 10.4. The van der Waals surface area contributed by atoms with Gasteiger partial charge in [-0.05, 0) is 26.4 Å². The smallest absolute Gasteiger partial charge is 0.323 e. The largest absolute Gasteiger partial charge is 0.480 e. The van der Waals surface area contributed by atoms with E-state index in [0.717, 1.165) is 26.1 Å². The highest BCUT2D eigenvalue weighted by Crippen LogP contribution is 1.91. The maximum Gasteiger partial charge on any atom is 0.323 e. The molecule has 0 spiro atoms. The molecule has 6 nitrogen and oxygen atoms in total. The molecule has 6 heteroatoms. The summed E-state index contributed by atoms with van der Waals surface area (Å²) >= 11 is 0. The number of rotatable bonds is 9. The monoisotopic (exact) mass is 259 g/mol. The van der Waals surface area contributed by atoms with Crippen molar-refractivity contribution in [1.29, 1.82) is 0 Å². The molecule has 0 unspecified atom stereocenters. The van der Waals surface area contributed by atoms with Gasteiger partial charge in [0.05, 0.1) is 0 Å². The van der Waals surface area contributed by atoms with Crippen LogP contribution in [0.3, 0.4) is 0 Å². The average molecular weight is 259 g/mol. The van der Waals surface area contributed by atoms with Crippen molar-refractivity contribution in [3.05, 3.63) is 0 Å². The number of hydrogen-bond donors (Lipinski definition) is 2. The molecular weight excluding hydrogens is 234 g/mol. The van der Waals surface area contributed by atoms with Crippen LogP contribution in [-0.4, -0.2) is 66.2 Å². The first-order valence-electron chi connectivity index (χ1n) is 6.52. The number of carboxylic acid groups (broad SMARTS) is 1. The standard InChI is InChI=1S/C12H25N3O3/c1-4-8-14(5-2)9-7-13-12(18)15(6-3)10-11(16)17/h4-10H2,1-3H3,(H,13,18)(H,16,17). The molecule has 0 rings (SSSR count). The van der Waals surface area contributed by atoms with Crippen molar-refractivity contribution in [3.63, 3.8) is 0 Å². The molecule has 0 saturated carbocycles. The Kier molecular flexibility index (Phi) is 9.00. The Balaban J connectivity index is 3.96. The predicted molar refractivity (Wildman–Crippen MR) is 70.7 cm³/mol. The van der Waals surface area contributed by atoms with E-state index in [4.69, 9.17) is 5.11 Å². The van der Waals surface area contributed by atoms with Crippen molar-refractivity contribution in [2.75, 3.05) is 39.3 Å². The van der Waals surface area contributed by atoms with Gasteiger partial charge in [0.25, 0.3) is 0 Å². The number of amides is 2. The Bertz CT molecular complexity index is 259. The number of nitrogens with one attached hydrogen (secondary N) is 1. The van der Waals surface area contributed by atoms with Crippen LogP contribution in [-0.2, 0) is 4.79 Å². The summed E-state index contributed by atoms with van der Waals surface area (Å²) in [6.45, 7) is 9.41. The van der Waals surface area contributed by atoms with Crippen molar-refractivity contribution in [2.24, 2.45) is 0 Å². The molecule has 0 aromatic carbocycles. The molecule has 0 bridgehead atoms. The Morgan fingerprint density at radius 2 is 1.78 bits per heavy atom. The summed E-state index contributed by atoms with van der Waals surface area (Å²) < 4.78 is 0. The number of likely N-dealkylation sites (N-methyl/N-ethyl adjacent to an activating group) is 2. The van der Waals surface area contributed by atoms with Crippen molar-refractivity contribution in [3.8, 4) is 0 Å². The van der Waals surface area contributed by atoms with Gasteiger partial charge >= 0.3 is 12.0 Å². The van der Waals surface area contributed by atoms with Crippen LogP contribution in [0.25, 0.3) is 0 Å². The number of carbonyl (C=O) groups is 2. The van der Waals surface area contributed by atoms with Crippen molar-refractivity contribution in [1.82, 2.24) is 15.1 Å². The van der Waals surface area contributed by atoms with Gasteiger partial charge in [-0.2, -0.15) is 0 Å². The van der Waals surface area contributed by atoms with Crippen LogP contribution in [0.15, 0.2) is 0 Å². The molecule has 0 saturated heterocycles. The van der Waals surface area contributed by atoms with Crippen LogP contribution in [0, 0.1) is 0 Å². The van der Waals surface area contributed by atoms with E-state index in [0.29, 0.717) is 13.1 Å². The summed E-state index contributed by atoms with van der Waals surface area (Å²) in [5.41, 5.74) is 0. The summed E-state index contributed by atoms with van der Waals surface area (Å²) in [4.78, 5) is 25.7. The van der Waals surface area contributed by atoms with E-state index in [1.54, 1.807) is 6.92 Å². The summed E-state index contributed by atoms with van der Waals surface area (Å²) in [6.07, 6.45) is 1.09. The average Bonchev–Trinajstić information content (AvgIpc) is 2.34. The molecule has 0 atom stereocenters. The maximum absolute atomic E-state index is 11.7. The highest BCUT2D eigenvalue weighted by atomic mass is 16.4. The molecule has 106 valence electrons. The highest BCUT2D eigenvalue weighted by molar-refractivity contribution is 5.79. The van der Waals surface area contributed by atoms with Gasteiger partial charge in [0.15, 0.2) is 0 Å². The SMILES string of the molecule is CCCN(CC)CCNC(=O)N(CC)CC(=O)O. The summed E-state index contributed by atoms with van der Waals surface area (Å²) in [5, 5.41) is 11.4. The minimum atomic E-state index is -0.992. The molecule has 0 aliphatic carbocycles. The zero-order chi connectivity index (χ0) is 14.0. The highest BCUT2D eigenvalue weighted by Gasteiger charge is 2.14. The number of hydrogen-bond acceptors (Lipinski definition) is 3. The van der Waals surface area contributed by atoms with Crippen molar-refractivity contribution in [2.45, 2.75) is 27.2 Å². The maximum atomic E-state index is 11.7. The number of carbonyl (C=O) groups excluding carboxylic acids is 1. The van der Waals surface area contributed by atoms with Gasteiger partial charge in [0, 0.05) is 19.6 Å². The minimum absolute atomic E-state index is 0.255. The second kappa shape index (κ2) is 9.70. The fraction of sp³-hybridized carbons (Fsp3) is 0.833. The van der Waals surface area contributed by atoms with Crippen molar-refractivity contribution < 1.29 is 14.7 Å². The van der Waals surface area contributed by atoms with Gasteiger partial charge in [-0.15, -0.1) is 0 Å². The minimum Gasteiger partial charge on any atom is -0.480 e. The zero-order valence-electron chi connectivity index (χ0n) is 11.6. The Morgan fingerprint density at radius 1 is 1.11 bits per heavy atom. The van der Waals surface area contributed by atoms with Gasteiger partial charge in [-0.1, -0.05) is 13.8 Å². The fourth-order valence-corrected chi connectivity index (χ4v) is 1.67. The van der Waals surface area contributed by atoms with Gasteiger partial charge in [0.2, 0.25) is 0 Å². The van der Waals surface area contributed by atoms with Crippen LogP contribution < -0.4 is 5.32 Å². The first-order valence-corrected chi connectivity index (χ1v) is 6.52. The number of carboxylic acids is 1. The summed E-state index contributed by atoms with van der Waals surface area (Å²) in [7, 11) is 0. The second-order valence-electron chi connectivity index (χ2n) is 4.07. The topological polar surface area (TPSA) is 72.9 Å². The van der Waals surface area contributed by atoms with Crippen LogP contribution in [0.5, 0.6) is 0 Å². The van der Waals surface area contributed by atoms with E-state index in [2.05, 4.69) is 24.1 Å². The van der Waals surface area contributed by atoms with Crippen LogP contribution >= 0.6 is 0 Å². The summed E-state index contributed by atoms with van der Waals surface area (Å²) in [6, 6.07) is -0.313. The first kappa shape index (κ1) is 16.7. The molecule has 0 aromatic rings. The van der Waals surface area contributed by atoms with E-state index in [1.807, 2.05) is 0 Å². The molecular formula is C12H25N3O3. The lowest BCUT2D eigenvalue weighted by Gasteiger charge is -2.22. The van der Waals surface area contributed by atoms with Gasteiger partial charge in [0.1, 0.15) is 6.54 Å². The third kappa shape index (κ3) is 7.11. The second-order valence-corrected chi connectivity index (χ2v) is 4.07. The lowest BCUT2D eigenvalue weighted by Crippen LogP contribution is -2.45. The van der Waals surface area contributed by atoms with Crippen molar-refractivity contribution >= 4 is 12.0 Å². The molecule has 18 heavy (non-hydrogen) atoms. The van der Waals surface area contributed by atoms with Gasteiger partial charge < -0.3 is 20.2 Å². The van der Waals surface area contributed by atoms with E-state index >= 15 is 0 Å². The molecule has 2 N–H and O–H groups in total. The molecule has 0 aromatic heterocycles. The third-order valence-electron chi connectivity index (χ3n) is 2.69. The Morgan fingerprint density at radius 3 is 2.22 bits per heavy atom. The molecule has 0 aliphatic rings. The van der Waals surface area contributed by atoms with E-state index in [1.165, 1.54) is 4.90 Å². The Hall–Kier alpha value is -1.30. The summed E-state index contributed by atoms with van der Waals surface area (Å²) in [5.74, 6) is -0.992. The molecule has 0 aliphatic heterocycles. The predicted octanol–water partition coefficient (Wildman–Crippen LogP) is 0.834. The van der Waals surface area contributed by atoms with E-state index in [-0.39, 0.29) is 12.6 Å². The zero-order valence-corrected chi connectivity index (χ0v) is 11.6. The first-order chi connectivity index (χ1) is 8.54. The van der Waals surface area contributed by atoms with Gasteiger partial charge in [-0.25, -0.2) is 4.79 Å². The number of aliphatic carboxylic acids is 1. The fourth-order valence-electron chi connectivity index (χ4n) is 1.67. The normalized spacial score (nSPS) is 10.4. The third-order valence-corrected chi connectivity index (χ3v) is 2.69. The lowest BCUT2D eigenvalue weighted by molar-refractivity contribution is -0.137. The molecule has 2 amide bonds. The molecule has 0 radical (unpaired) electrons. The van der Waals surface area contributed by atoms with Crippen LogP contribution in [0.2, 0.25) is 0 Å². The number of urea groups is 1. The van der Waals surface area contributed by atoms with Crippen LogP contribution in [0.1, 0.15) is 27.2 Å². The quantitative estimate of drug-likeness (QED) is 0.643. The molecule has 0 heterocycles. The Labute approximate surface area is 109 Å². The van der Waals surface area contributed by atoms with E-state index in [9.17, 15) is 9.59 Å².